The molecule has 0 aromatic heterocycles. The van der Waals surface area contributed by atoms with Crippen LogP contribution in [0.3, 0.4) is 0 Å². The maximum Gasteiger partial charge on any atom is 0.335 e. The van der Waals surface area contributed by atoms with Gasteiger partial charge in [-0.15, -0.1) is 11.6 Å². The molecule has 3 nitrogen and oxygen atoms in total. The number of carbonyl (C=O) groups is 1. The second-order valence-corrected chi connectivity index (χ2v) is 3.52. The van der Waals surface area contributed by atoms with E-state index >= 15 is 0 Å². The molecule has 0 aliphatic carbocycles. The molecule has 1 N–H and O–H groups in total. The number of hydrogen-bond acceptors (Lipinski definition) is 2. The number of methoxy groups -OCH3 is 1. The SMILES string of the molecule is COc1cc(C(=O)O)ccc1C=CCCCl. The summed E-state index contributed by atoms with van der Waals surface area (Å²) in [7, 11) is 1.51. The fraction of sp³-hybridized carbons (Fsp3) is 0.250. The van der Waals surface area contributed by atoms with Crippen molar-refractivity contribution in [1.82, 2.24) is 0 Å². The number of allylic oxidation sites excluding steroid dienone is 1. The van der Waals surface area contributed by atoms with Crippen LogP contribution in [0.25, 0.3) is 6.08 Å². The van der Waals surface area contributed by atoms with Crippen LogP contribution in [0.5, 0.6) is 5.75 Å². The highest BCUT2D eigenvalue weighted by Gasteiger charge is 2.06. The molecular formula is C12H13ClO3. The van der Waals surface area contributed by atoms with Crippen molar-refractivity contribution in [3.8, 4) is 5.75 Å². The van der Waals surface area contributed by atoms with Crippen LogP contribution in [-0.4, -0.2) is 24.1 Å². The summed E-state index contributed by atoms with van der Waals surface area (Å²) in [6.07, 6.45) is 4.56. The van der Waals surface area contributed by atoms with Gasteiger partial charge in [-0.3, -0.25) is 0 Å². The molecule has 1 rings (SSSR count). The summed E-state index contributed by atoms with van der Waals surface area (Å²) >= 11 is 5.55. The van der Waals surface area contributed by atoms with Gasteiger partial charge >= 0.3 is 5.97 Å². The van der Waals surface area contributed by atoms with E-state index in [2.05, 4.69) is 0 Å². The minimum Gasteiger partial charge on any atom is -0.496 e. The van der Waals surface area contributed by atoms with Gasteiger partial charge in [0.2, 0.25) is 0 Å². The Morgan fingerprint density at radius 2 is 2.31 bits per heavy atom. The standard InChI is InChI=1S/C12H13ClO3/c1-16-11-8-10(12(14)15)6-5-9(11)4-2-3-7-13/h2,4-6,8H,3,7H2,1H3,(H,14,15). The number of halogens is 1. The minimum atomic E-state index is -0.963. The molecule has 1 aromatic carbocycles. The van der Waals surface area contributed by atoms with Crippen LogP contribution in [0.2, 0.25) is 0 Å². The van der Waals surface area contributed by atoms with Gasteiger partial charge in [-0.1, -0.05) is 18.2 Å². The Morgan fingerprint density at radius 1 is 1.56 bits per heavy atom. The largest absolute Gasteiger partial charge is 0.496 e. The fourth-order valence-electron chi connectivity index (χ4n) is 1.26. The van der Waals surface area contributed by atoms with Crippen LogP contribution < -0.4 is 4.74 Å². The molecule has 0 aliphatic rings. The molecule has 1 aromatic rings. The third-order valence-electron chi connectivity index (χ3n) is 2.05. The monoisotopic (exact) mass is 240 g/mol. The summed E-state index contributed by atoms with van der Waals surface area (Å²) in [6.45, 7) is 0. The maximum absolute atomic E-state index is 10.7. The highest BCUT2D eigenvalue weighted by Crippen LogP contribution is 2.21. The first-order valence-corrected chi connectivity index (χ1v) is 5.36. The maximum atomic E-state index is 10.7. The van der Waals surface area contributed by atoms with Crippen LogP contribution in [0, 0.1) is 0 Å². The summed E-state index contributed by atoms with van der Waals surface area (Å²) in [5.74, 6) is 0.145. The van der Waals surface area contributed by atoms with Gasteiger partial charge in [0.1, 0.15) is 5.75 Å². The van der Waals surface area contributed by atoms with Gasteiger partial charge in [0, 0.05) is 11.4 Å². The zero-order chi connectivity index (χ0) is 12.0. The predicted molar refractivity (Wildman–Crippen MR) is 64.3 cm³/mol. The van der Waals surface area contributed by atoms with Gasteiger partial charge in [0.15, 0.2) is 0 Å². The summed E-state index contributed by atoms with van der Waals surface area (Å²) in [4.78, 5) is 10.7. The number of carboxylic acids is 1. The molecule has 4 heteroatoms. The van der Waals surface area contributed by atoms with Gasteiger partial charge in [0.25, 0.3) is 0 Å². The fourth-order valence-corrected chi connectivity index (χ4v) is 1.38. The smallest absolute Gasteiger partial charge is 0.335 e. The molecule has 0 atom stereocenters. The van der Waals surface area contributed by atoms with E-state index in [1.807, 2.05) is 12.2 Å². The number of carboxylic acid groups (broad SMARTS) is 1. The average Bonchev–Trinajstić information content (AvgIpc) is 2.29. The Hall–Kier alpha value is -1.48. The summed E-state index contributed by atoms with van der Waals surface area (Å²) in [5.41, 5.74) is 1.06. The Bertz CT molecular complexity index is 399. The lowest BCUT2D eigenvalue weighted by molar-refractivity contribution is 0.0696. The number of aromatic carboxylic acids is 1. The van der Waals surface area contributed by atoms with Crippen molar-refractivity contribution in [3.05, 3.63) is 35.4 Å². The van der Waals surface area contributed by atoms with E-state index in [9.17, 15) is 4.79 Å². The minimum absolute atomic E-state index is 0.214. The lowest BCUT2D eigenvalue weighted by Gasteiger charge is -2.05. The van der Waals surface area contributed by atoms with Crippen molar-refractivity contribution in [2.75, 3.05) is 13.0 Å². The van der Waals surface area contributed by atoms with E-state index in [1.54, 1.807) is 12.1 Å². The Kier molecular flexibility index (Phi) is 4.86. The normalized spacial score (nSPS) is 10.6. The first-order chi connectivity index (χ1) is 7.69. The van der Waals surface area contributed by atoms with Gasteiger partial charge in [-0.25, -0.2) is 4.79 Å². The van der Waals surface area contributed by atoms with Gasteiger partial charge in [-0.2, -0.15) is 0 Å². The number of rotatable bonds is 5. The third-order valence-corrected chi connectivity index (χ3v) is 2.27. The topological polar surface area (TPSA) is 46.5 Å². The molecule has 16 heavy (non-hydrogen) atoms. The van der Waals surface area contributed by atoms with E-state index in [1.165, 1.54) is 13.2 Å². The molecule has 0 spiro atoms. The van der Waals surface area contributed by atoms with E-state index in [-0.39, 0.29) is 5.56 Å². The number of alkyl halides is 1. The third kappa shape index (κ3) is 3.28. The molecule has 0 unspecified atom stereocenters. The number of hydrogen-bond donors (Lipinski definition) is 1. The van der Waals surface area contributed by atoms with Crippen LogP contribution in [0.4, 0.5) is 0 Å². The number of benzene rings is 1. The molecule has 0 amide bonds. The van der Waals surface area contributed by atoms with Crippen molar-refractivity contribution >= 4 is 23.6 Å². The van der Waals surface area contributed by atoms with Crippen LogP contribution >= 0.6 is 11.6 Å². The Balaban J connectivity index is 2.97. The Labute approximate surface area is 99.3 Å². The van der Waals surface area contributed by atoms with Gasteiger partial charge < -0.3 is 9.84 Å². The zero-order valence-corrected chi connectivity index (χ0v) is 9.70. The number of ether oxygens (including phenoxy) is 1. The van der Waals surface area contributed by atoms with Crippen LogP contribution in [0.15, 0.2) is 24.3 Å². The quantitative estimate of drug-likeness (QED) is 0.805. The second kappa shape index (κ2) is 6.18. The van der Waals surface area contributed by atoms with Crippen LogP contribution in [0.1, 0.15) is 22.3 Å². The van der Waals surface area contributed by atoms with E-state index in [0.29, 0.717) is 11.6 Å². The second-order valence-electron chi connectivity index (χ2n) is 3.14. The highest BCUT2D eigenvalue weighted by atomic mass is 35.5. The van der Waals surface area contributed by atoms with Crippen molar-refractivity contribution in [3.63, 3.8) is 0 Å². The van der Waals surface area contributed by atoms with E-state index in [4.69, 9.17) is 21.4 Å². The molecule has 0 heterocycles. The molecule has 0 fully saturated rings. The van der Waals surface area contributed by atoms with E-state index < -0.39 is 5.97 Å². The zero-order valence-electron chi connectivity index (χ0n) is 8.94. The van der Waals surface area contributed by atoms with Gasteiger partial charge in [-0.05, 0) is 18.6 Å². The molecule has 0 aliphatic heterocycles. The summed E-state index contributed by atoms with van der Waals surface area (Å²) in [5, 5.41) is 8.82. The lowest BCUT2D eigenvalue weighted by atomic mass is 10.1. The first-order valence-electron chi connectivity index (χ1n) is 4.83. The molecule has 86 valence electrons. The van der Waals surface area contributed by atoms with Gasteiger partial charge in [0.05, 0.1) is 12.7 Å². The molecule has 0 saturated carbocycles. The molecular weight excluding hydrogens is 228 g/mol. The predicted octanol–water partition coefficient (Wildman–Crippen LogP) is 3.04. The average molecular weight is 241 g/mol. The molecule has 0 radical (unpaired) electrons. The molecule has 0 bridgehead atoms. The van der Waals surface area contributed by atoms with Crippen molar-refractivity contribution in [1.29, 1.82) is 0 Å². The first kappa shape index (κ1) is 12.6. The summed E-state index contributed by atoms with van der Waals surface area (Å²) < 4.78 is 5.12. The lowest BCUT2D eigenvalue weighted by Crippen LogP contribution is -1.97. The van der Waals surface area contributed by atoms with Crippen molar-refractivity contribution in [2.45, 2.75) is 6.42 Å². The Morgan fingerprint density at radius 3 is 2.88 bits per heavy atom. The molecule has 0 saturated heterocycles. The van der Waals surface area contributed by atoms with Crippen molar-refractivity contribution < 1.29 is 14.6 Å². The van der Waals surface area contributed by atoms with Crippen LogP contribution in [-0.2, 0) is 0 Å². The van der Waals surface area contributed by atoms with E-state index in [0.717, 1.165) is 12.0 Å². The summed E-state index contributed by atoms with van der Waals surface area (Å²) in [6, 6.07) is 4.76. The highest BCUT2D eigenvalue weighted by molar-refractivity contribution is 6.17. The van der Waals surface area contributed by atoms with Crippen molar-refractivity contribution in [2.24, 2.45) is 0 Å².